The average Bonchev–Trinajstić information content (AvgIpc) is 3.04. The Labute approximate surface area is 139 Å². The molecule has 3 rings (SSSR count). The zero-order valence-corrected chi connectivity index (χ0v) is 13.7. The van der Waals surface area contributed by atoms with E-state index in [0.717, 1.165) is 17.8 Å². The van der Waals surface area contributed by atoms with Crippen molar-refractivity contribution in [2.45, 2.75) is 50.9 Å². The lowest BCUT2D eigenvalue weighted by molar-refractivity contribution is -0.146. The SMILES string of the molecule is O=C(O)[C@H]1CC=CC[C@@H]1C(=O)Nc1nnc(C2CCCCC2)s1. The summed E-state index contributed by atoms with van der Waals surface area (Å²) >= 11 is 1.42. The highest BCUT2D eigenvalue weighted by Gasteiger charge is 2.34. The van der Waals surface area contributed by atoms with E-state index >= 15 is 0 Å². The van der Waals surface area contributed by atoms with Gasteiger partial charge in [-0.3, -0.25) is 9.59 Å². The van der Waals surface area contributed by atoms with E-state index in [-0.39, 0.29) is 5.91 Å². The van der Waals surface area contributed by atoms with E-state index in [1.54, 1.807) is 0 Å². The van der Waals surface area contributed by atoms with Gasteiger partial charge in [0.1, 0.15) is 5.01 Å². The van der Waals surface area contributed by atoms with Crippen LogP contribution in [0.25, 0.3) is 0 Å². The van der Waals surface area contributed by atoms with Crippen molar-refractivity contribution in [3.63, 3.8) is 0 Å². The molecule has 1 fully saturated rings. The van der Waals surface area contributed by atoms with Crippen LogP contribution in [-0.2, 0) is 9.59 Å². The Kier molecular flexibility index (Phi) is 5.05. The number of nitrogens with one attached hydrogen (secondary N) is 1. The van der Waals surface area contributed by atoms with Crippen molar-refractivity contribution < 1.29 is 14.7 Å². The summed E-state index contributed by atoms with van der Waals surface area (Å²) in [5.74, 6) is -1.94. The van der Waals surface area contributed by atoms with Crippen LogP contribution in [0.15, 0.2) is 12.2 Å². The van der Waals surface area contributed by atoms with Gasteiger partial charge in [0, 0.05) is 5.92 Å². The highest BCUT2D eigenvalue weighted by Crippen LogP contribution is 2.35. The van der Waals surface area contributed by atoms with Gasteiger partial charge in [-0.1, -0.05) is 42.8 Å². The van der Waals surface area contributed by atoms with Gasteiger partial charge in [0.05, 0.1) is 11.8 Å². The number of aromatic nitrogens is 2. The Balaban J connectivity index is 1.64. The molecule has 0 unspecified atom stereocenters. The van der Waals surface area contributed by atoms with E-state index < -0.39 is 17.8 Å². The van der Waals surface area contributed by atoms with Crippen molar-refractivity contribution in [1.82, 2.24) is 10.2 Å². The number of hydrogen-bond donors (Lipinski definition) is 2. The fourth-order valence-corrected chi connectivity index (χ4v) is 4.29. The van der Waals surface area contributed by atoms with Crippen LogP contribution in [0.2, 0.25) is 0 Å². The fraction of sp³-hybridized carbons (Fsp3) is 0.625. The molecule has 7 heteroatoms. The standard InChI is InChI=1S/C16H21N3O3S/c20-13(11-8-4-5-9-12(11)15(21)22)17-16-19-18-14(23-16)10-6-2-1-3-7-10/h4-5,10-12H,1-3,6-9H2,(H,21,22)(H,17,19,20)/t11-,12-/m0/s1. The molecular weight excluding hydrogens is 314 g/mol. The fourth-order valence-electron chi connectivity index (χ4n) is 3.37. The minimum absolute atomic E-state index is 0.270. The molecule has 0 saturated heterocycles. The molecule has 1 amide bonds. The van der Waals surface area contributed by atoms with Gasteiger partial charge < -0.3 is 10.4 Å². The Morgan fingerprint density at radius 3 is 2.48 bits per heavy atom. The number of nitrogens with zero attached hydrogens (tertiary/aromatic N) is 2. The first-order chi connectivity index (χ1) is 11.1. The predicted octanol–water partition coefficient (Wildman–Crippen LogP) is 3.19. The summed E-state index contributed by atoms with van der Waals surface area (Å²) in [5.41, 5.74) is 0. The molecule has 0 radical (unpaired) electrons. The van der Waals surface area contributed by atoms with Gasteiger partial charge in [-0.15, -0.1) is 10.2 Å². The highest BCUT2D eigenvalue weighted by atomic mass is 32.1. The van der Waals surface area contributed by atoms with E-state index in [2.05, 4.69) is 15.5 Å². The summed E-state index contributed by atoms with van der Waals surface area (Å²) in [6, 6.07) is 0. The summed E-state index contributed by atoms with van der Waals surface area (Å²) in [6.07, 6.45) is 10.6. The summed E-state index contributed by atoms with van der Waals surface area (Å²) in [7, 11) is 0. The molecule has 0 bridgehead atoms. The van der Waals surface area contributed by atoms with Crippen LogP contribution in [-0.4, -0.2) is 27.2 Å². The lowest BCUT2D eigenvalue weighted by atomic mass is 9.82. The Bertz CT molecular complexity index is 607. The summed E-state index contributed by atoms with van der Waals surface area (Å²) in [4.78, 5) is 23.7. The number of hydrogen-bond acceptors (Lipinski definition) is 5. The van der Waals surface area contributed by atoms with E-state index in [4.69, 9.17) is 0 Å². The predicted molar refractivity (Wildman–Crippen MR) is 87.4 cm³/mol. The van der Waals surface area contributed by atoms with Crippen LogP contribution in [0, 0.1) is 11.8 Å². The molecule has 1 aromatic heterocycles. The second-order valence-electron chi connectivity index (χ2n) is 6.26. The maximum Gasteiger partial charge on any atom is 0.307 e. The molecule has 6 nitrogen and oxygen atoms in total. The third-order valence-corrected chi connectivity index (χ3v) is 5.71. The van der Waals surface area contributed by atoms with Gasteiger partial charge in [-0.2, -0.15) is 0 Å². The van der Waals surface area contributed by atoms with Gasteiger partial charge in [-0.05, 0) is 25.7 Å². The van der Waals surface area contributed by atoms with Crippen LogP contribution in [0.5, 0.6) is 0 Å². The number of carboxylic acids is 1. The molecule has 2 N–H and O–H groups in total. The van der Waals surface area contributed by atoms with Gasteiger partial charge in [0.15, 0.2) is 0 Å². The summed E-state index contributed by atoms with van der Waals surface area (Å²) in [5, 5.41) is 21.8. The third kappa shape index (κ3) is 3.77. The molecule has 23 heavy (non-hydrogen) atoms. The molecular formula is C16H21N3O3S. The third-order valence-electron chi connectivity index (χ3n) is 4.71. The Hall–Kier alpha value is -1.76. The summed E-state index contributed by atoms with van der Waals surface area (Å²) in [6.45, 7) is 0. The maximum atomic E-state index is 12.4. The largest absolute Gasteiger partial charge is 0.481 e. The van der Waals surface area contributed by atoms with Crippen LogP contribution in [0.4, 0.5) is 5.13 Å². The molecule has 1 aromatic rings. The first kappa shape index (κ1) is 16.1. The molecule has 124 valence electrons. The number of rotatable bonds is 4. The number of aliphatic carboxylic acids is 1. The second kappa shape index (κ2) is 7.21. The van der Waals surface area contributed by atoms with Crippen LogP contribution in [0.1, 0.15) is 55.9 Å². The Morgan fingerprint density at radius 1 is 1.09 bits per heavy atom. The number of amides is 1. The van der Waals surface area contributed by atoms with Crippen molar-refractivity contribution >= 4 is 28.3 Å². The monoisotopic (exact) mass is 335 g/mol. The zero-order valence-electron chi connectivity index (χ0n) is 12.9. The quantitative estimate of drug-likeness (QED) is 0.824. The lowest BCUT2D eigenvalue weighted by Crippen LogP contribution is -2.34. The molecule has 2 aliphatic rings. The van der Waals surface area contributed by atoms with Crippen molar-refractivity contribution in [2.24, 2.45) is 11.8 Å². The van der Waals surface area contributed by atoms with Crippen molar-refractivity contribution in [2.75, 3.05) is 5.32 Å². The molecule has 0 aliphatic heterocycles. The molecule has 1 saturated carbocycles. The Morgan fingerprint density at radius 2 is 1.78 bits per heavy atom. The highest BCUT2D eigenvalue weighted by molar-refractivity contribution is 7.15. The van der Waals surface area contributed by atoms with Crippen molar-refractivity contribution in [3.05, 3.63) is 17.2 Å². The normalized spacial score (nSPS) is 25.2. The van der Waals surface area contributed by atoms with Gasteiger partial charge in [-0.25, -0.2) is 0 Å². The van der Waals surface area contributed by atoms with E-state index in [9.17, 15) is 14.7 Å². The van der Waals surface area contributed by atoms with Gasteiger partial charge in [0.2, 0.25) is 11.0 Å². The van der Waals surface area contributed by atoms with Crippen molar-refractivity contribution in [1.29, 1.82) is 0 Å². The number of carboxylic acid groups (broad SMARTS) is 1. The molecule has 1 heterocycles. The lowest BCUT2D eigenvalue weighted by Gasteiger charge is -2.23. The van der Waals surface area contributed by atoms with Gasteiger partial charge in [0.25, 0.3) is 0 Å². The minimum atomic E-state index is -0.922. The van der Waals surface area contributed by atoms with Crippen molar-refractivity contribution in [3.8, 4) is 0 Å². The first-order valence-electron chi connectivity index (χ1n) is 8.17. The molecule has 0 spiro atoms. The smallest absolute Gasteiger partial charge is 0.307 e. The number of allylic oxidation sites excluding steroid dienone is 2. The zero-order chi connectivity index (χ0) is 16.2. The number of anilines is 1. The summed E-state index contributed by atoms with van der Waals surface area (Å²) < 4.78 is 0. The molecule has 0 aromatic carbocycles. The van der Waals surface area contributed by atoms with Crippen LogP contribution >= 0.6 is 11.3 Å². The first-order valence-corrected chi connectivity index (χ1v) is 8.99. The van der Waals surface area contributed by atoms with Gasteiger partial charge >= 0.3 is 5.97 Å². The van der Waals surface area contributed by atoms with E-state index in [0.29, 0.717) is 23.9 Å². The average molecular weight is 335 g/mol. The van der Waals surface area contributed by atoms with Crippen LogP contribution in [0.3, 0.4) is 0 Å². The minimum Gasteiger partial charge on any atom is -0.481 e. The molecule has 2 aliphatic carbocycles. The molecule has 2 atom stereocenters. The topological polar surface area (TPSA) is 92.2 Å². The number of carbonyl (C=O) groups excluding carboxylic acids is 1. The maximum absolute atomic E-state index is 12.4. The van der Waals surface area contributed by atoms with E-state index in [1.165, 1.54) is 30.6 Å². The second-order valence-corrected chi connectivity index (χ2v) is 7.27. The van der Waals surface area contributed by atoms with E-state index in [1.807, 2.05) is 12.2 Å². The van der Waals surface area contributed by atoms with Crippen LogP contribution < -0.4 is 5.32 Å². The number of carbonyl (C=O) groups is 2.